The largest absolute Gasteiger partial charge is 0.463 e. The van der Waals surface area contributed by atoms with Crippen LogP contribution in [0.15, 0.2) is 39.5 Å². The Hall–Kier alpha value is -2.23. The second kappa shape index (κ2) is 8.96. The number of ether oxygens (including phenoxy) is 1. The Bertz CT molecular complexity index is 1080. The first-order chi connectivity index (χ1) is 15.5. The Labute approximate surface area is 194 Å². The van der Waals surface area contributed by atoms with Gasteiger partial charge >= 0.3 is 0 Å². The molecular weight excluding hydrogens is 446 g/mol. The fourth-order valence-corrected chi connectivity index (χ4v) is 6.17. The molecule has 1 N–H and O–H groups in total. The highest BCUT2D eigenvalue weighted by atomic mass is 32.2. The predicted octanol–water partition coefficient (Wildman–Crippen LogP) is 4.48. The van der Waals surface area contributed by atoms with Crippen molar-refractivity contribution in [1.29, 1.82) is 0 Å². The first-order valence-electron chi connectivity index (χ1n) is 10.8. The number of hydrogen-bond donors (Lipinski definition) is 1. The van der Waals surface area contributed by atoms with Gasteiger partial charge in [-0.2, -0.15) is 11.8 Å². The highest BCUT2D eigenvalue weighted by molar-refractivity contribution is 7.99. The number of carbonyl (C=O) groups is 2. The molecular formula is C23H25N3O4S2. The van der Waals surface area contributed by atoms with Gasteiger partial charge in [0.2, 0.25) is 5.91 Å². The third-order valence-electron chi connectivity index (χ3n) is 6.14. The molecule has 32 heavy (non-hydrogen) atoms. The number of carbonyl (C=O) groups excluding carboxylic acids is 2. The highest BCUT2D eigenvalue weighted by Crippen LogP contribution is 2.37. The molecule has 1 amide bonds. The van der Waals surface area contributed by atoms with Crippen LogP contribution in [0.2, 0.25) is 0 Å². The molecule has 5 rings (SSSR count). The number of fused-ring (bicyclic) bond motifs is 1. The maximum absolute atomic E-state index is 13.3. The Morgan fingerprint density at radius 2 is 2.12 bits per heavy atom. The summed E-state index contributed by atoms with van der Waals surface area (Å²) in [5, 5.41) is 3.36. The summed E-state index contributed by atoms with van der Waals surface area (Å²) in [5.74, 6) is 2.28. The van der Waals surface area contributed by atoms with Crippen molar-refractivity contribution in [3.8, 4) is 11.5 Å². The summed E-state index contributed by atoms with van der Waals surface area (Å²) < 4.78 is 10.9. The number of ketones is 1. The second-order valence-electron chi connectivity index (χ2n) is 8.53. The van der Waals surface area contributed by atoms with Gasteiger partial charge < -0.3 is 14.5 Å². The van der Waals surface area contributed by atoms with Crippen LogP contribution in [0.3, 0.4) is 0 Å². The van der Waals surface area contributed by atoms with Gasteiger partial charge in [0.25, 0.3) is 0 Å². The number of rotatable bonds is 5. The molecule has 0 bridgehead atoms. The molecule has 2 saturated heterocycles. The van der Waals surface area contributed by atoms with Gasteiger partial charge in [-0.3, -0.25) is 14.6 Å². The van der Waals surface area contributed by atoms with E-state index >= 15 is 0 Å². The van der Waals surface area contributed by atoms with Gasteiger partial charge in [-0.25, -0.2) is 4.98 Å². The van der Waals surface area contributed by atoms with E-state index in [1.54, 1.807) is 18.4 Å². The summed E-state index contributed by atoms with van der Waals surface area (Å²) in [7, 11) is 0. The minimum absolute atomic E-state index is 0.0390. The molecule has 0 radical (unpaired) electrons. The van der Waals surface area contributed by atoms with E-state index in [9.17, 15) is 9.59 Å². The maximum atomic E-state index is 13.3. The van der Waals surface area contributed by atoms with E-state index in [2.05, 4.69) is 16.4 Å². The number of nitrogens with one attached hydrogen (secondary N) is 1. The van der Waals surface area contributed by atoms with Crippen molar-refractivity contribution in [2.45, 2.75) is 26.2 Å². The van der Waals surface area contributed by atoms with E-state index in [1.165, 1.54) is 11.3 Å². The summed E-state index contributed by atoms with van der Waals surface area (Å²) in [6.07, 6.45) is 5.97. The standard InChI is InChI=1S/C23H25N3O4S2/c1-23(11-15-12-31-10-6-16(15)24-13-23)21(28)26-22-25-18(17-3-2-7-30-17)20(32-22)19(27)14-4-8-29-9-5-14/h2-3,7,11,14H,4-6,8-10,12-13H2,1H3,(H,25,26,28). The zero-order valence-corrected chi connectivity index (χ0v) is 19.5. The molecule has 0 saturated carbocycles. The molecule has 1 atom stereocenters. The van der Waals surface area contributed by atoms with Crippen molar-refractivity contribution in [3.63, 3.8) is 0 Å². The summed E-state index contributed by atoms with van der Waals surface area (Å²) in [6.45, 7) is 3.50. The SMILES string of the molecule is CC1(C(=O)Nc2nc(-c3ccco3)c(C(=O)C3CCOCC3)s2)C=C2CSCCC2=NC1. The fourth-order valence-electron chi connectivity index (χ4n) is 4.23. The van der Waals surface area contributed by atoms with Crippen molar-refractivity contribution in [1.82, 2.24) is 4.98 Å². The average Bonchev–Trinajstić information content (AvgIpc) is 3.49. The Morgan fingerprint density at radius 1 is 1.28 bits per heavy atom. The molecule has 2 fully saturated rings. The molecule has 0 spiro atoms. The normalized spacial score (nSPS) is 23.8. The minimum atomic E-state index is -0.738. The number of dihydropyridines is 1. The molecule has 5 heterocycles. The lowest BCUT2D eigenvalue weighted by molar-refractivity contribution is -0.122. The van der Waals surface area contributed by atoms with Gasteiger partial charge in [-0.15, -0.1) is 0 Å². The number of nitrogens with zero attached hydrogens (tertiary/aromatic N) is 2. The number of thiazole rings is 1. The van der Waals surface area contributed by atoms with E-state index in [0.29, 0.717) is 54.1 Å². The maximum Gasteiger partial charge on any atom is 0.237 e. The minimum Gasteiger partial charge on any atom is -0.463 e. The predicted molar refractivity (Wildman–Crippen MR) is 127 cm³/mol. The molecule has 3 aliphatic heterocycles. The zero-order valence-electron chi connectivity index (χ0n) is 17.9. The van der Waals surface area contributed by atoms with Gasteiger partial charge in [0.05, 0.1) is 18.2 Å². The lowest BCUT2D eigenvalue weighted by Gasteiger charge is -2.30. The van der Waals surface area contributed by atoms with Crippen LogP contribution in [0.1, 0.15) is 35.9 Å². The van der Waals surface area contributed by atoms with Crippen LogP contribution in [0.4, 0.5) is 5.13 Å². The van der Waals surface area contributed by atoms with Crippen molar-refractivity contribution < 1.29 is 18.7 Å². The third kappa shape index (κ3) is 4.21. The Balaban J connectivity index is 1.40. The van der Waals surface area contributed by atoms with Crippen molar-refractivity contribution in [3.05, 3.63) is 34.9 Å². The van der Waals surface area contributed by atoms with E-state index in [4.69, 9.17) is 14.1 Å². The van der Waals surface area contributed by atoms with Crippen molar-refractivity contribution in [2.24, 2.45) is 16.3 Å². The van der Waals surface area contributed by atoms with Gasteiger partial charge in [0, 0.05) is 30.6 Å². The number of anilines is 1. The molecule has 0 aliphatic carbocycles. The summed E-state index contributed by atoms with van der Waals surface area (Å²) in [6, 6.07) is 3.55. The number of Topliss-reactive ketones (excluding diaryl/α,β-unsaturated/α-hetero) is 1. The zero-order chi connectivity index (χ0) is 22.1. The Kier molecular flexibility index (Phi) is 6.05. The molecule has 0 aromatic carbocycles. The summed E-state index contributed by atoms with van der Waals surface area (Å²) in [4.78, 5) is 36.3. The van der Waals surface area contributed by atoms with E-state index in [-0.39, 0.29) is 17.6 Å². The molecule has 7 nitrogen and oxygen atoms in total. The van der Waals surface area contributed by atoms with Crippen LogP contribution in [-0.4, -0.2) is 53.7 Å². The summed E-state index contributed by atoms with van der Waals surface area (Å²) >= 11 is 3.09. The van der Waals surface area contributed by atoms with Crippen molar-refractivity contribution in [2.75, 3.05) is 36.6 Å². The van der Waals surface area contributed by atoms with Crippen LogP contribution in [0.25, 0.3) is 11.5 Å². The number of hydrogen-bond acceptors (Lipinski definition) is 8. The topological polar surface area (TPSA) is 93.8 Å². The fraction of sp³-hybridized carbons (Fsp3) is 0.478. The van der Waals surface area contributed by atoms with Gasteiger partial charge in [0.15, 0.2) is 16.7 Å². The molecule has 2 aromatic heterocycles. The molecule has 1 unspecified atom stereocenters. The van der Waals surface area contributed by atoms with E-state index in [0.717, 1.165) is 29.2 Å². The second-order valence-corrected chi connectivity index (χ2v) is 10.6. The lowest BCUT2D eigenvalue weighted by Crippen LogP contribution is -2.38. The average molecular weight is 472 g/mol. The van der Waals surface area contributed by atoms with Crippen molar-refractivity contribution >= 4 is 45.6 Å². The number of furan rings is 1. The Morgan fingerprint density at radius 3 is 2.91 bits per heavy atom. The van der Waals surface area contributed by atoms with E-state index < -0.39 is 5.41 Å². The first kappa shape index (κ1) is 21.6. The monoisotopic (exact) mass is 471 g/mol. The first-order valence-corrected chi connectivity index (χ1v) is 12.8. The van der Waals surface area contributed by atoms with E-state index in [1.807, 2.05) is 18.7 Å². The van der Waals surface area contributed by atoms with Crippen LogP contribution in [0, 0.1) is 11.3 Å². The molecule has 168 valence electrons. The summed E-state index contributed by atoms with van der Waals surface area (Å²) in [5.41, 5.74) is 2.05. The third-order valence-corrected chi connectivity index (χ3v) is 8.13. The van der Waals surface area contributed by atoms with Gasteiger partial charge in [-0.05, 0) is 49.6 Å². The quantitative estimate of drug-likeness (QED) is 0.647. The van der Waals surface area contributed by atoms with Crippen LogP contribution in [0.5, 0.6) is 0 Å². The number of aliphatic imine (C=N–C) groups is 1. The van der Waals surface area contributed by atoms with Gasteiger partial charge in [0.1, 0.15) is 10.6 Å². The van der Waals surface area contributed by atoms with Gasteiger partial charge in [-0.1, -0.05) is 17.4 Å². The van der Waals surface area contributed by atoms with Crippen LogP contribution >= 0.6 is 23.1 Å². The number of aromatic nitrogens is 1. The number of amides is 1. The molecule has 3 aliphatic rings. The number of thioether (sulfide) groups is 1. The smallest absolute Gasteiger partial charge is 0.237 e. The molecule has 9 heteroatoms. The lowest BCUT2D eigenvalue weighted by atomic mass is 9.84. The van der Waals surface area contributed by atoms with Crippen LogP contribution in [-0.2, 0) is 9.53 Å². The van der Waals surface area contributed by atoms with Crippen LogP contribution < -0.4 is 5.32 Å². The molecule has 2 aromatic rings. The highest BCUT2D eigenvalue weighted by Gasteiger charge is 2.37.